The van der Waals surface area contributed by atoms with Crippen LogP contribution in [-0.2, 0) is 9.84 Å². The number of rotatable bonds is 6. The summed E-state index contributed by atoms with van der Waals surface area (Å²) < 4.78 is 23.6. The van der Waals surface area contributed by atoms with Gasteiger partial charge in [0.2, 0.25) is 0 Å². The van der Waals surface area contributed by atoms with Crippen LogP contribution in [0.2, 0.25) is 0 Å². The zero-order valence-corrected chi connectivity index (χ0v) is 13.2. The van der Waals surface area contributed by atoms with Crippen LogP contribution in [0.5, 0.6) is 0 Å². The lowest BCUT2D eigenvalue weighted by Gasteiger charge is -2.40. The number of aliphatic hydroxyl groups is 1. The third-order valence-corrected chi connectivity index (χ3v) is 6.19. The van der Waals surface area contributed by atoms with Crippen LogP contribution in [0.25, 0.3) is 0 Å². The molecular formula is C12H25NO3S2. The van der Waals surface area contributed by atoms with Crippen molar-refractivity contribution in [2.75, 3.05) is 37.5 Å². The monoisotopic (exact) mass is 295 g/mol. The summed E-state index contributed by atoms with van der Waals surface area (Å²) in [6, 6.07) is 0. The number of hydrogen-bond donors (Lipinski definition) is 1. The third kappa shape index (κ3) is 4.40. The predicted octanol–water partition coefficient (Wildman–Crippen LogP) is 1.20. The maximum Gasteiger partial charge on any atom is 0.164 e. The maximum atomic E-state index is 11.8. The van der Waals surface area contributed by atoms with Crippen LogP contribution >= 0.6 is 11.8 Å². The first kappa shape index (κ1) is 16.3. The summed E-state index contributed by atoms with van der Waals surface area (Å²) in [6.45, 7) is 5.70. The van der Waals surface area contributed by atoms with Crippen LogP contribution < -0.4 is 0 Å². The Kier molecular flexibility index (Phi) is 5.96. The molecule has 2 atom stereocenters. The Bertz CT molecular complexity index is 358. The first-order valence-electron chi connectivity index (χ1n) is 6.44. The van der Waals surface area contributed by atoms with Crippen molar-refractivity contribution < 1.29 is 13.5 Å². The average Bonchev–Trinajstić information content (AvgIpc) is 2.28. The molecule has 2 unspecified atom stereocenters. The van der Waals surface area contributed by atoms with Crippen LogP contribution in [0, 0.1) is 5.41 Å². The first-order valence-corrected chi connectivity index (χ1v) is 9.55. The van der Waals surface area contributed by atoms with Gasteiger partial charge in [-0.15, -0.1) is 0 Å². The first-order chi connectivity index (χ1) is 8.32. The summed E-state index contributed by atoms with van der Waals surface area (Å²) in [6.07, 6.45) is 3.24. The van der Waals surface area contributed by atoms with Crippen molar-refractivity contribution in [2.24, 2.45) is 5.41 Å². The van der Waals surface area contributed by atoms with Crippen LogP contribution in [0.1, 0.15) is 26.7 Å². The minimum atomic E-state index is -3.05. The summed E-state index contributed by atoms with van der Waals surface area (Å²) in [7, 11) is -3.05. The van der Waals surface area contributed by atoms with Gasteiger partial charge in [0.25, 0.3) is 0 Å². The molecule has 0 aromatic heterocycles. The van der Waals surface area contributed by atoms with E-state index >= 15 is 0 Å². The van der Waals surface area contributed by atoms with E-state index in [1.165, 1.54) is 6.26 Å². The molecule has 0 aliphatic carbocycles. The molecule has 0 radical (unpaired) electrons. The van der Waals surface area contributed by atoms with E-state index in [2.05, 4.69) is 6.92 Å². The van der Waals surface area contributed by atoms with Crippen molar-refractivity contribution in [3.63, 3.8) is 0 Å². The standard InChI is InChI=1S/C12H25NO3S2/c1-4-5-12(2,10-14)9-13-6-7-17-8-11(13)18(3,15)16/h11,14H,4-10H2,1-3H3. The highest BCUT2D eigenvalue weighted by Gasteiger charge is 2.35. The largest absolute Gasteiger partial charge is 0.396 e. The molecule has 4 nitrogen and oxygen atoms in total. The Morgan fingerprint density at radius 3 is 2.67 bits per heavy atom. The fourth-order valence-electron chi connectivity index (χ4n) is 2.49. The van der Waals surface area contributed by atoms with E-state index in [0.717, 1.165) is 25.1 Å². The van der Waals surface area contributed by atoms with Gasteiger partial charge in [0.1, 0.15) is 5.37 Å². The maximum absolute atomic E-state index is 11.8. The number of sulfone groups is 1. The van der Waals surface area contributed by atoms with Gasteiger partial charge in [0, 0.05) is 42.9 Å². The highest BCUT2D eigenvalue weighted by molar-refractivity contribution is 8.00. The molecule has 0 bridgehead atoms. The molecule has 0 saturated carbocycles. The zero-order chi connectivity index (χ0) is 13.8. The van der Waals surface area contributed by atoms with Gasteiger partial charge in [-0.25, -0.2) is 8.42 Å². The van der Waals surface area contributed by atoms with E-state index in [0.29, 0.717) is 12.3 Å². The lowest BCUT2D eigenvalue weighted by molar-refractivity contribution is 0.0781. The predicted molar refractivity (Wildman–Crippen MR) is 77.6 cm³/mol. The van der Waals surface area contributed by atoms with E-state index in [4.69, 9.17) is 0 Å². The topological polar surface area (TPSA) is 57.6 Å². The normalized spacial score (nSPS) is 25.9. The van der Waals surface area contributed by atoms with Crippen molar-refractivity contribution in [1.82, 2.24) is 4.90 Å². The van der Waals surface area contributed by atoms with Gasteiger partial charge in [0.05, 0.1) is 0 Å². The lowest BCUT2D eigenvalue weighted by atomic mass is 9.86. The number of hydrogen-bond acceptors (Lipinski definition) is 5. The van der Waals surface area contributed by atoms with Gasteiger partial charge in [-0.3, -0.25) is 4.90 Å². The van der Waals surface area contributed by atoms with E-state index in [1.807, 2.05) is 11.8 Å². The van der Waals surface area contributed by atoms with Gasteiger partial charge in [-0.05, 0) is 6.42 Å². The Hall–Kier alpha value is 0.220. The van der Waals surface area contributed by atoms with E-state index in [-0.39, 0.29) is 17.4 Å². The molecular weight excluding hydrogens is 270 g/mol. The van der Waals surface area contributed by atoms with Gasteiger partial charge in [-0.2, -0.15) is 11.8 Å². The van der Waals surface area contributed by atoms with Crippen molar-refractivity contribution in [3.8, 4) is 0 Å². The molecule has 0 aromatic rings. The molecule has 108 valence electrons. The zero-order valence-electron chi connectivity index (χ0n) is 11.6. The average molecular weight is 295 g/mol. The van der Waals surface area contributed by atoms with Crippen LogP contribution in [0.3, 0.4) is 0 Å². The molecule has 1 fully saturated rings. The van der Waals surface area contributed by atoms with E-state index in [9.17, 15) is 13.5 Å². The Morgan fingerprint density at radius 2 is 2.17 bits per heavy atom. The molecule has 1 N–H and O–H groups in total. The Morgan fingerprint density at radius 1 is 1.50 bits per heavy atom. The van der Waals surface area contributed by atoms with E-state index < -0.39 is 9.84 Å². The second kappa shape index (κ2) is 6.59. The van der Waals surface area contributed by atoms with Crippen LogP contribution in [0.4, 0.5) is 0 Å². The van der Waals surface area contributed by atoms with Gasteiger partial charge >= 0.3 is 0 Å². The van der Waals surface area contributed by atoms with Crippen LogP contribution in [0.15, 0.2) is 0 Å². The van der Waals surface area contributed by atoms with Crippen molar-refractivity contribution in [1.29, 1.82) is 0 Å². The SMILES string of the molecule is CCCC(C)(CO)CN1CCSCC1S(C)(=O)=O. The van der Waals surface area contributed by atoms with Crippen molar-refractivity contribution in [3.05, 3.63) is 0 Å². The molecule has 1 aliphatic heterocycles. The highest BCUT2D eigenvalue weighted by Crippen LogP contribution is 2.28. The smallest absolute Gasteiger partial charge is 0.164 e. The van der Waals surface area contributed by atoms with Crippen LogP contribution in [-0.4, -0.2) is 61.3 Å². The molecule has 1 heterocycles. The Balaban J connectivity index is 2.78. The minimum Gasteiger partial charge on any atom is -0.396 e. The minimum absolute atomic E-state index is 0.112. The molecule has 0 amide bonds. The lowest BCUT2D eigenvalue weighted by Crippen LogP contribution is -2.51. The Labute approximate surface area is 115 Å². The third-order valence-electron chi connectivity index (χ3n) is 3.50. The molecule has 0 aromatic carbocycles. The number of nitrogens with zero attached hydrogens (tertiary/aromatic N) is 1. The van der Waals surface area contributed by atoms with Crippen molar-refractivity contribution in [2.45, 2.75) is 32.1 Å². The fourth-order valence-corrected chi connectivity index (χ4v) is 5.43. The van der Waals surface area contributed by atoms with Gasteiger partial charge in [0.15, 0.2) is 9.84 Å². The fraction of sp³-hybridized carbons (Fsp3) is 1.00. The van der Waals surface area contributed by atoms with E-state index in [1.54, 1.807) is 11.8 Å². The number of aliphatic hydroxyl groups excluding tert-OH is 1. The summed E-state index contributed by atoms with van der Waals surface area (Å²) in [4.78, 5) is 2.04. The summed E-state index contributed by atoms with van der Waals surface area (Å²) >= 11 is 1.70. The highest BCUT2D eigenvalue weighted by atomic mass is 32.2. The van der Waals surface area contributed by atoms with Gasteiger partial charge in [-0.1, -0.05) is 20.3 Å². The molecule has 6 heteroatoms. The summed E-state index contributed by atoms with van der Waals surface area (Å²) in [5, 5.41) is 9.16. The molecule has 1 rings (SSSR count). The molecule has 0 spiro atoms. The molecule has 1 saturated heterocycles. The quantitative estimate of drug-likeness (QED) is 0.798. The second-order valence-corrected chi connectivity index (χ2v) is 8.90. The summed E-state index contributed by atoms with van der Waals surface area (Å²) in [5.41, 5.74) is -0.195. The van der Waals surface area contributed by atoms with Gasteiger partial charge < -0.3 is 5.11 Å². The summed E-state index contributed by atoms with van der Waals surface area (Å²) in [5.74, 6) is 1.62. The van der Waals surface area contributed by atoms with Crippen molar-refractivity contribution >= 4 is 21.6 Å². The second-order valence-electron chi connectivity index (χ2n) is 5.55. The molecule has 1 aliphatic rings. The molecule has 18 heavy (non-hydrogen) atoms. The number of thioether (sulfide) groups is 1.